The van der Waals surface area contributed by atoms with E-state index in [-0.39, 0.29) is 22.2 Å². The topological polar surface area (TPSA) is 52.0 Å². The van der Waals surface area contributed by atoms with E-state index in [0.717, 1.165) is 0 Å². The molecule has 2 rings (SSSR count). The Labute approximate surface area is 131 Å². The van der Waals surface area contributed by atoms with Crippen LogP contribution >= 0.6 is 43.5 Å². The summed E-state index contributed by atoms with van der Waals surface area (Å²) in [6, 6.07) is 7.34. The summed E-state index contributed by atoms with van der Waals surface area (Å²) in [6.07, 6.45) is 0. The van der Waals surface area contributed by atoms with Crippen molar-refractivity contribution < 1.29 is 8.78 Å². The first-order chi connectivity index (χ1) is 8.81. The van der Waals surface area contributed by atoms with Crippen LogP contribution in [0, 0.1) is 11.6 Å². The second-order valence-electron chi connectivity index (χ2n) is 3.45. The molecule has 2 nitrogen and oxygen atoms in total. The van der Waals surface area contributed by atoms with Crippen LogP contribution in [-0.2, 0) is 0 Å². The third-order valence-corrected chi connectivity index (χ3v) is 3.27. The van der Waals surface area contributed by atoms with Crippen molar-refractivity contribution in [1.29, 1.82) is 0 Å². The molecule has 0 amide bonds. The molecule has 0 radical (unpaired) electrons. The number of hydrogen-bond acceptors (Lipinski definition) is 2. The maximum absolute atomic E-state index is 12.6. The zero-order chi connectivity index (χ0) is 14.6. The lowest BCUT2D eigenvalue weighted by Gasteiger charge is -1.98. The van der Waals surface area contributed by atoms with Gasteiger partial charge >= 0.3 is 0 Å². The van der Waals surface area contributed by atoms with Crippen molar-refractivity contribution in [2.45, 2.75) is 0 Å². The van der Waals surface area contributed by atoms with Gasteiger partial charge in [-0.05, 0) is 30.3 Å². The van der Waals surface area contributed by atoms with E-state index >= 15 is 0 Å². The van der Waals surface area contributed by atoms with Gasteiger partial charge in [-0.25, -0.2) is 8.78 Å². The lowest BCUT2D eigenvalue weighted by molar-refractivity contribution is 0.631. The predicted octanol–water partition coefficient (Wildman–Crippen LogP) is 4.99. The predicted molar refractivity (Wildman–Crippen MR) is 82.0 cm³/mol. The summed E-state index contributed by atoms with van der Waals surface area (Å²) in [5, 5.41) is 0.229. The van der Waals surface area contributed by atoms with Gasteiger partial charge in [-0.15, -0.1) is 0 Å². The van der Waals surface area contributed by atoms with Gasteiger partial charge in [0.15, 0.2) is 0 Å². The van der Waals surface area contributed by atoms with Gasteiger partial charge < -0.3 is 11.5 Å². The fraction of sp³-hybridized carbons (Fsp3) is 0. The standard InChI is InChI=1S/C6H4BrClFN.C6H5BrFN/c7-3-1-4(8)6(10)5(9)2-3;7-4-1-2-6(9)5(8)3-4/h1-2H,10H2;1-3H,9H2. The lowest BCUT2D eigenvalue weighted by Crippen LogP contribution is -1.90. The van der Waals surface area contributed by atoms with Crippen LogP contribution in [0.3, 0.4) is 0 Å². The van der Waals surface area contributed by atoms with Gasteiger partial charge in [0.2, 0.25) is 0 Å². The van der Waals surface area contributed by atoms with Crippen LogP contribution in [0.25, 0.3) is 0 Å². The van der Waals surface area contributed by atoms with Crippen LogP contribution in [0.5, 0.6) is 0 Å². The molecule has 102 valence electrons. The third kappa shape index (κ3) is 4.97. The Bertz CT molecular complexity index is 571. The quantitative estimate of drug-likeness (QED) is 0.597. The molecule has 0 bridgehead atoms. The highest BCUT2D eigenvalue weighted by Gasteiger charge is 2.03. The van der Waals surface area contributed by atoms with Crippen molar-refractivity contribution in [1.82, 2.24) is 0 Å². The first-order valence-electron chi connectivity index (χ1n) is 4.91. The number of hydrogen-bond donors (Lipinski definition) is 2. The maximum Gasteiger partial charge on any atom is 0.148 e. The molecule has 19 heavy (non-hydrogen) atoms. The second-order valence-corrected chi connectivity index (χ2v) is 5.69. The van der Waals surface area contributed by atoms with Crippen molar-refractivity contribution in [3.8, 4) is 0 Å². The fourth-order valence-electron chi connectivity index (χ4n) is 1.05. The summed E-state index contributed by atoms with van der Waals surface area (Å²) >= 11 is 11.7. The molecule has 7 heteroatoms. The Morgan fingerprint density at radius 2 is 1.47 bits per heavy atom. The lowest BCUT2D eigenvalue weighted by atomic mass is 10.3. The summed E-state index contributed by atoms with van der Waals surface area (Å²) < 4.78 is 26.3. The Morgan fingerprint density at radius 1 is 0.895 bits per heavy atom. The summed E-state index contributed by atoms with van der Waals surface area (Å²) in [6.45, 7) is 0. The highest BCUT2D eigenvalue weighted by molar-refractivity contribution is 9.10. The first-order valence-corrected chi connectivity index (χ1v) is 6.88. The minimum absolute atomic E-state index is 0.00938. The number of nitrogen functional groups attached to an aromatic ring is 2. The van der Waals surface area contributed by atoms with E-state index in [1.807, 2.05) is 0 Å². The van der Waals surface area contributed by atoms with Crippen molar-refractivity contribution in [2.24, 2.45) is 0 Å². The second kappa shape index (κ2) is 7.07. The van der Waals surface area contributed by atoms with E-state index in [1.54, 1.807) is 12.1 Å². The molecule has 4 N–H and O–H groups in total. The monoisotopic (exact) mass is 412 g/mol. The SMILES string of the molecule is Nc1c(F)cc(Br)cc1Cl.Nc1ccc(Br)cc1F. The zero-order valence-electron chi connectivity index (χ0n) is 9.43. The molecule has 0 spiro atoms. The van der Waals surface area contributed by atoms with Gasteiger partial charge in [0, 0.05) is 8.95 Å². The normalized spacial score (nSPS) is 9.74. The van der Waals surface area contributed by atoms with Crippen LogP contribution < -0.4 is 11.5 Å². The molecule has 0 saturated carbocycles. The Hall–Kier alpha value is -0.850. The molecule has 0 aliphatic heterocycles. The summed E-state index contributed by atoms with van der Waals surface area (Å²) in [7, 11) is 0. The smallest absolute Gasteiger partial charge is 0.148 e. The van der Waals surface area contributed by atoms with E-state index in [4.69, 9.17) is 23.1 Å². The molecule has 0 heterocycles. The van der Waals surface area contributed by atoms with E-state index < -0.39 is 5.82 Å². The largest absolute Gasteiger partial charge is 0.396 e. The highest BCUT2D eigenvalue weighted by Crippen LogP contribution is 2.26. The van der Waals surface area contributed by atoms with Crippen molar-refractivity contribution in [3.63, 3.8) is 0 Å². The van der Waals surface area contributed by atoms with Crippen LogP contribution in [0.2, 0.25) is 5.02 Å². The average Bonchev–Trinajstić information content (AvgIpc) is 2.32. The van der Waals surface area contributed by atoms with Gasteiger partial charge in [0.25, 0.3) is 0 Å². The number of rotatable bonds is 0. The van der Waals surface area contributed by atoms with E-state index in [0.29, 0.717) is 8.95 Å². The summed E-state index contributed by atoms with van der Waals surface area (Å²) in [5.41, 5.74) is 10.6. The van der Waals surface area contributed by atoms with E-state index in [1.165, 1.54) is 18.2 Å². The molecule has 2 aromatic carbocycles. The average molecular weight is 414 g/mol. The molecule has 0 aromatic heterocycles. The van der Waals surface area contributed by atoms with Gasteiger partial charge in [-0.3, -0.25) is 0 Å². The van der Waals surface area contributed by atoms with Crippen molar-refractivity contribution in [3.05, 3.63) is 55.9 Å². The van der Waals surface area contributed by atoms with Gasteiger partial charge in [0.1, 0.15) is 11.6 Å². The first kappa shape index (κ1) is 16.2. The number of nitrogens with two attached hydrogens (primary N) is 2. The fourth-order valence-corrected chi connectivity index (χ4v) is 2.16. The molecule has 0 aliphatic carbocycles. The number of anilines is 2. The number of halogens is 5. The zero-order valence-corrected chi connectivity index (χ0v) is 13.4. The summed E-state index contributed by atoms with van der Waals surface area (Å²) in [5.74, 6) is -0.885. The van der Waals surface area contributed by atoms with Crippen LogP contribution in [0.1, 0.15) is 0 Å². The molecule has 0 saturated heterocycles. The van der Waals surface area contributed by atoms with Gasteiger partial charge in [-0.2, -0.15) is 0 Å². The molecular weight excluding hydrogens is 405 g/mol. The van der Waals surface area contributed by atoms with Crippen LogP contribution in [0.4, 0.5) is 20.2 Å². The van der Waals surface area contributed by atoms with Crippen molar-refractivity contribution >= 4 is 54.8 Å². The van der Waals surface area contributed by atoms with Gasteiger partial charge in [-0.1, -0.05) is 43.5 Å². The Morgan fingerprint density at radius 3 is 1.95 bits per heavy atom. The van der Waals surface area contributed by atoms with E-state index in [9.17, 15) is 8.78 Å². The Kier molecular flexibility index (Phi) is 6.03. The Balaban J connectivity index is 0.000000191. The maximum atomic E-state index is 12.6. The van der Waals surface area contributed by atoms with Crippen LogP contribution in [0.15, 0.2) is 39.3 Å². The molecule has 2 aromatic rings. The van der Waals surface area contributed by atoms with E-state index in [2.05, 4.69) is 31.9 Å². The molecule has 0 unspecified atom stereocenters. The molecule has 0 atom stereocenters. The minimum atomic E-state index is -0.501. The van der Waals surface area contributed by atoms with Gasteiger partial charge in [0.05, 0.1) is 16.4 Å². The third-order valence-electron chi connectivity index (χ3n) is 2.01. The number of benzene rings is 2. The molecule has 0 fully saturated rings. The van der Waals surface area contributed by atoms with Crippen LogP contribution in [-0.4, -0.2) is 0 Å². The highest BCUT2D eigenvalue weighted by atomic mass is 79.9. The minimum Gasteiger partial charge on any atom is -0.396 e. The molecule has 0 aliphatic rings. The molecular formula is C12H9Br2ClF2N2. The summed E-state index contributed by atoms with van der Waals surface area (Å²) in [4.78, 5) is 0. The van der Waals surface area contributed by atoms with Crippen molar-refractivity contribution in [2.75, 3.05) is 11.5 Å².